The van der Waals surface area contributed by atoms with Crippen LogP contribution in [0.25, 0.3) is 0 Å². The average Bonchev–Trinajstić information content (AvgIpc) is 3.32. The number of methoxy groups -OCH3 is 1. The fourth-order valence-electron chi connectivity index (χ4n) is 3.05. The molecule has 1 atom stereocenters. The first-order valence-corrected chi connectivity index (χ1v) is 9.36. The molecule has 0 spiro atoms. The molecular formula is C14H29N3O3S. The minimum absolute atomic E-state index is 0.0670. The molecule has 1 heterocycles. The molecule has 0 aromatic heterocycles. The molecule has 21 heavy (non-hydrogen) atoms. The molecule has 6 nitrogen and oxygen atoms in total. The van der Waals surface area contributed by atoms with Crippen molar-refractivity contribution in [1.82, 2.24) is 8.61 Å². The van der Waals surface area contributed by atoms with E-state index in [9.17, 15) is 8.42 Å². The van der Waals surface area contributed by atoms with Gasteiger partial charge in [-0.1, -0.05) is 0 Å². The van der Waals surface area contributed by atoms with Crippen LogP contribution in [0.1, 0.15) is 32.6 Å². The monoisotopic (exact) mass is 319 g/mol. The van der Waals surface area contributed by atoms with Crippen LogP contribution in [0.5, 0.6) is 0 Å². The molecule has 0 aromatic carbocycles. The molecule has 2 rings (SSSR count). The van der Waals surface area contributed by atoms with Gasteiger partial charge in [0.2, 0.25) is 0 Å². The van der Waals surface area contributed by atoms with Gasteiger partial charge in [0.1, 0.15) is 0 Å². The molecule has 1 saturated heterocycles. The van der Waals surface area contributed by atoms with Crippen LogP contribution in [-0.4, -0.2) is 63.0 Å². The van der Waals surface area contributed by atoms with Gasteiger partial charge in [0, 0.05) is 32.8 Å². The summed E-state index contributed by atoms with van der Waals surface area (Å²) in [4.78, 5) is 0. The first kappa shape index (κ1) is 17.1. The summed E-state index contributed by atoms with van der Waals surface area (Å²) in [7, 11) is -1.78. The number of ether oxygens (including phenoxy) is 1. The Bertz CT molecular complexity index is 417. The molecule has 2 N–H and O–H groups in total. The van der Waals surface area contributed by atoms with Crippen LogP contribution in [0.3, 0.4) is 0 Å². The third-order valence-corrected chi connectivity index (χ3v) is 6.93. The maximum atomic E-state index is 12.9. The predicted octanol–water partition coefficient (Wildman–Crippen LogP) is 0.649. The molecule has 2 aliphatic rings. The van der Waals surface area contributed by atoms with E-state index in [0.29, 0.717) is 44.6 Å². The highest BCUT2D eigenvalue weighted by Crippen LogP contribution is 2.36. The molecule has 1 saturated carbocycles. The Hall–Kier alpha value is -0.210. The van der Waals surface area contributed by atoms with E-state index < -0.39 is 10.2 Å². The number of hydrogen-bond donors (Lipinski definition) is 1. The van der Waals surface area contributed by atoms with Crippen LogP contribution in [0.2, 0.25) is 0 Å². The van der Waals surface area contributed by atoms with Crippen molar-refractivity contribution in [3.63, 3.8) is 0 Å². The third-order valence-electron chi connectivity index (χ3n) is 4.80. The summed E-state index contributed by atoms with van der Waals surface area (Å²) in [6.45, 7) is 4.73. The lowest BCUT2D eigenvalue weighted by Gasteiger charge is -2.37. The normalized spacial score (nSPS) is 23.6. The van der Waals surface area contributed by atoms with E-state index in [1.54, 1.807) is 15.7 Å². The highest BCUT2D eigenvalue weighted by Gasteiger charge is 2.40. The summed E-state index contributed by atoms with van der Waals surface area (Å²) >= 11 is 0. The lowest BCUT2D eigenvalue weighted by Crippen LogP contribution is -2.52. The maximum Gasteiger partial charge on any atom is 0.282 e. The molecule has 1 aliphatic carbocycles. The first-order valence-electron chi connectivity index (χ1n) is 7.96. The van der Waals surface area contributed by atoms with Crippen molar-refractivity contribution in [3.8, 4) is 0 Å². The molecule has 0 bridgehead atoms. The van der Waals surface area contributed by atoms with Crippen molar-refractivity contribution < 1.29 is 13.2 Å². The summed E-state index contributed by atoms with van der Waals surface area (Å²) in [5.74, 6) is 0.975. The van der Waals surface area contributed by atoms with Crippen molar-refractivity contribution in [1.29, 1.82) is 0 Å². The van der Waals surface area contributed by atoms with Gasteiger partial charge in [-0.25, -0.2) is 0 Å². The van der Waals surface area contributed by atoms with Crippen LogP contribution in [0, 0.1) is 11.8 Å². The molecule has 124 valence electrons. The van der Waals surface area contributed by atoms with Crippen LogP contribution < -0.4 is 5.73 Å². The number of nitrogens with zero attached hydrogens (tertiary/aromatic N) is 2. The van der Waals surface area contributed by atoms with E-state index in [-0.39, 0.29) is 6.04 Å². The molecule has 0 amide bonds. The summed E-state index contributed by atoms with van der Waals surface area (Å²) in [6, 6.07) is 0.0670. The second-order valence-corrected chi connectivity index (χ2v) is 8.15. The van der Waals surface area contributed by atoms with Crippen molar-refractivity contribution in [2.24, 2.45) is 17.6 Å². The van der Waals surface area contributed by atoms with Gasteiger partial charge < -0.3 is 10.5 Å². The Morgan fingerprint density at radius 1 is 1.29 bits per heavy atom. The molecule has 0 radical (unpaired) electrons. The van der Waals surface area contributed by atoms with E-state index in [2.05, 4.69) is 0 Å². The topological polar surface area (TPSA) is 75.9 Å². The minimum atomic E-state index is -3.39. The van der Waals surface area contributed by atoms with Crippen LogP contribution >= 0.6 is 0 Å². The molecule has 2 fully saturated rings. The Balaban J connectivity index is 2.05. The largest absolute Gasteiger partial charge is 0.383 e. The van der Waals surface area contributed by atoms with Crippen molar-refractivity contribution in [3.05, 3.63) is 0 Å². The highest BCUT2D eigenvalue weighted by atomic mass is 32.2. The van der Waals surface area contributed by atoms with Gasteiger partial charge in [-0.15, -0.1) is 0 Å². The first-order chi connectivity index (χ1) is 10.0. The zero-order valence-corrected chi connectivity index (χ0v) is 14.0. The Morgan fingerprint density at radius 2 is 1.90 bits per heavy atom. The smallest absolute Gasteiger partial charge is 0.282 e. The Labute approximate surface area is 128 Å². The molecule has 1 aliphatic heterocycles. The summed E-state index contributed by atoms with van der Waals surface area (Å²) in [5.41, 5.74) is 5.68. The Morgan fingerprint density at radius 3 is 2.38 bits per heavy atom. The van der Waals surface area contributed by atoms with Gasteiger partial charge in [0.25, 0.3) is 10.2 Å². The number of rotatable bonds is 8. The van der Waals surface area contributed by atoms with Crippen molar-refractivity contribution in [2.75, 3.05) is 39.9 Å². The maximum absolute atomic E-state index is 12.9. The molecule has 0 aromatic rings. The zero-order valence-electron chi connectivity index (χ0n) is 13.2. The van der Waals surface area contributed by atoms with Gasteiger partial charge in [-0.3, -0.25) is 0 Å². The molecule has 1 unspecified atom stereocenters. The van der Waals surface area contributed by atoms with Gasteiger partial charge in [0.05, 0.1) is 6.61 Å². The lowest BCUT2D eigenvalue weighted by atomic mass is 9.99. The standard InChI is InChI=1S/C14H29N3O3S/c1-12(14-3-4-14)17(9-10-20-2)21(18,19)16-7-5-13(11-15)6-8-16/h12-14H,3-11,15H2,1-2H3. The quantitative estimate of drug-likeness (QED) is 0.713. The van der Waals surface area contributed by atoms with E-state index in [0.717, 1.165) is 25.7 Å². The van der Waals surface area contributed by atoms with Gasteiger partial charge in [0.15, 0.2) is 0 Å². The van der Waals surface area contributed by atoms with E-state index in [4.69, 9.17) is 10.5 Å². The minimum Gasteiger partial charge on any atom is -0.383 e. The van der Waals surface area contributed by atoms with Crippen molar-refractivity contribution >= 4 is 10.2 Å². The van der Waals surface area contributed by atoms with Crippen LogP contribution in [0.15, 0.2) is 0 Å². The average molecular weight is 319 g/mol. The van der Waals surface area contributed by atoms with E-state index in [1.165, 1.54) is 0 Å². The zero-order chi connectivity index (χ0) is 15.5. The predicted molar refractivity (Wildman–Crippen MR) is 83.0 cm³/mol. The van der Waals surface area contributed by atoms with E-state index >= 15 is 0 Å². The second kappa shape index (κ2) is 7.37. The summed E-state index contributed by atoms with van der Waals surface area (Å²) in [5, 5.41) is 0. The number of piperidine rings is 1. The third kappa shape index (κ3) is 4.16. The number of nitrogens with two attached hydrogens (primary N) is 1. The summed E-state index contributed by atoms with van der Waals surface area (Å²) < 4.78 is 34.2. The van der Waals surface area contributed by atoms with Gasteiger partial charge in [-0.05, 0) is 51.0 Å². The fourth-order valence-corrected chi connectivity index (χ4v) is 4.91. The summed E-state index contributed by atoms with van der Waals surface area (Å²) in [6.07, 6.45) is 4.00. The lowest BCUT2D eigenvalue weighted by molar-refractivity contribution is 0.156. The van der Waals surface area contributed by atoms with Gasteiger partial charge >= 0.3 is 0 Å². The van der Waals surface area contributed by atoms with Crippen LogP contribution in [0.4, 0.5) is 0 Å². The SMILES string of the molecule is COCCN(C(C)C1CC1)S(=O)(=O)N1CCC(CN)CC1. The second-order valence-electron chi connectivity index (χ2n) is 6.27. The van der Waals surface area contributed by atoms with Crippen LogP contribution in [-0.2, 0) is 14.9 Å². The number of hydrogen-bond acceptors (Lipinski definition) is 4. The fraction of sp³-hybridized carbons (Fsp3) is 1.00. The van der Waals surface area contributed by atoms with Gasteiger partial charge in [-0.2, -0.15) is 17.0 Å². The Kier molecular flexibility index (Phi) is 6.02. The van der Waals surface area contributed by atoms with Crippen molar-refractivity contribution in [2.45, 2.75) is 38.6 Å². The molecular weight excluding hydrogens is 290 g/mol. The highest BCUT2D eigenvalue weighted by molar-refractivity contribution is 7.86. The molecule has 7 heteroatoms. The van der Waals surface area contributed by atoms with E-state index in [1.807, 2.05) is 6.92 Å².